The van der Waals surface area contributed by atoms with Crippen LogP contribution in [-0.2, 0) is 0 Å². The molecule has 7 aromatic carbocycles. The van der Waals surface area contributed by atoms with Crippen molar-refractivity contribution in [2.75, 3.05) is 0 Å². The first-order valence-electron chi connectivity index (χ1n) is 18.3. The number of furan rings is 2. The van der Waals surface area contributed by atoms with Crippen LogP contribution in [0.15, 0.2) is 179 Å². The molecule has 0 atom stereocenters. The van der Waals surface area contributed by atoms with Gasteiger partial charge in [-0.3, -0.25) is 0 Å². The first-order chi connectivity index (χ1) is 27.7. The monoisotopic (exact) mass is 720 g/mol. The Balaban J connectivity index is 1.11. The summed E-state index contributed by atoms with van der Waals surface area (Å²) in [6.45, 7) is 0. The van der Waals surface area contributed by atoms with Gasteiger partial charge in [-0.1, -0.05) is 140 Å². The predicted molar refractivity (Wildman–Crippen MR) is 220 cm³/mol. The second kappa shape index (κ2) is 12.9. The summed E-state index contributed by atoms with van der Waals surface area (Å²) in [5.74, 6) is 3.29. The van der Waals surface area contributed by atoms with Crippen LogP contribution in [0, 0.1) is 0 Å². The Morgan fingerprint density at radius 1 is 0.286 bits per heavy atom. The number of hydrogen-bond acceptors (Lipinski definition) is 8. The summed E-state index contributed by atoms with van der Waals surface area (Å²) in [5, 5.41) is 3.88. The normalized spacial score (nSPS) is 11.6. The van der Waals surface area contributed by atoms with Gasteiger partial charge in [0, 0.05) is 49.4 Å². The topological polar surface area (TPSA) is 104 Å². The summed E-state index contributed by atoms with van der Waals surface area (Å²) < 4.78 is 13.0. The third-order valence-electron chi connectivity index (χ3n) is 10.0. The van der Waals surface area contributed by atoms with Crippen LogP contribution in [0.3, 0.4) is 0 Å². The van der Waals surface area contributed by atoms with Gasteiger partial charge >= 0.3 is 0 Å². The molecule has 11 aromatic rings. The zero-order valence-corrected chi connectivity index (χ0v) is 29.7. The van der Waals surface area contributed by atoms with E-state index in [2.05, 4.69) is 18.2 Å². The standard InChI is InChI=1S/C48H28N6O2/c1-4-14-29(15-5-1)43-49-44(30-16-6-2-7-17-30)52-47(51-43)36-22-13-25-39-41(36)35-21-12-23-37(42(35)56-39)48-53-45(31-18-8-3-9-19-31)50-46(54-48)32-26-27-34-33-20-10-11-24-38(33)55-40(34)28-32/h1-28H. The minimum Gasteiger partial charge on any atom is -0.456 e. The van der Waals surface area contributed by atoms with E-state index in [-0.39, 0.29) is 0 Å². The largest absolute Gasteiger partial charge is 0.456 e. The molecule has 0 saturated carbocycles. The molecule has 262 valence electrons. The fourth-order valence-electron chi connectivity index (χ4n) is 7.35. The molecule has 0 amide bonds. The lowest BCUT2D eigenvalue weighted by atomic mass is 10.0. The number of para-hydroxylation sites is 2. The number of fused-ring (bicyclic) bond motifs is 6. The quantitative estimate of drug-likeness (QED) is 0.167. The second-order valence-electron chi connectivity index (χ2n) is 13.5. The Morgan fingerprint density at radius 2 is 0.750 bits per heavy atom. The summed E-state index contributed by atoms with van der Waals surface area (Å²) in [7, 11) is 0. The molecule has 0 bridgehead atoms. The van der Waals surface area contributed by atoms with Crippen LogP contribution in [0.25, 0.3) is 112 Å². The van der Waals surface area contributed by atoms with Gasteiger partial charge in [-0.2, -0.15) is 0 Å². The summed E-state index contributed by atoms with van der Waals surface area (Å²) in [4.78, 5) is 30.1. The molecule has 0 aliphatic rings. The molecule has 56 heavy (non-hydrogen) atoms. The van der Waals surface area contributed by atoms with E-state index in [9.17, 15) is 0 Å². The highest BCUT2D eigenvalue weighted by Gasteiger charge is 2.22. The molecule has 0 N–H and O–H groups in total. The Hall–Kier alpha value is -7.84. The second-order valence-corrected chi connectivity index (χ2v) is 13.5. The van der Waals surface area contributed by atoms with E-state index in [0.717, 1.165) is 66.1 Å². The SMILES string of the molecule is c1ccc(-c2nc(-c3ccc4c(c3)oc3ccccc34)nc(-c3cccc4c3oc3cccc(-c5nc(-c6ccccc6)nc(-c6ccccc6)n5)c34)n2)cc1. The molecule has 0 saturated heterocycles. The van der Waals surface area contributed by atoms with E-state index in [4.69, 9.17) is 38.7 Å². The average Bonchev–Trinajstić information content (AvgIpc) is 3.85. The smallest absolute Gasteiger partial charge is 0.167 e. The molecular weight excluding hydrogens is 693 g/mol. The maximum atomic E-state index is 6.73. The highest BCUT2D eigenvalue weighted by Crippen LogP contribution is 2.40. The third-order valence-corrected chi connectivity index (χ3v) is 10.0. The van der Waals surface area contributed by atoms with Crippen molar-refractivity contribution in [2.45, 2.75) is 0 Å². The van der Waals surface area contributed by atoms with E-state index in [1.807, 2.05) is 152 Å². The maximum Gasteiger partial charge on any atom is 0.167 e. The predicted octanol–water partition coefficient (Wildman–Crippen LogP) is 11.9. The van der Waals surface area contributed by atoms with E-state index in [1.165, 1.54) is 0 Å². The van der Waals surface area contributed by atoms with Crippen molar-refractivity contribution in [3.63, 3.8) is 0 Å². The van der Waals surface area contributed by atoms with Gasteiger partial charge in [0.25, 0.3) is 0 Å². The minimum absolute atomic E-state index is 0.489. The van der Waals surface area contributed by atoms with E-state index >= 15 is 0 Å². The van der Waals surface area contributed by atoms with Gasteiger partial charge in [0.15, 0.2) is 34.9 Å². The Kier molecular flexibility index (Phi) is 7.31. The lowest BCUT2D eigenvalue weighted by molar-refractivity contribution is 0.668. The Labute approximate surface area is 319 Å². The van der Waals surface area contributed by atoms with Crippen molar-refractivity contribution in [2.24, 2.45) is 0 Å². The van der Waals surface area contributed by atoms with Crippen molar-refractivity contribution >= 4 is 43.9 Å². The van der Waals surface area contributed by atoms with Gasteiger partial charge in [0.1, 0.15) is 22.3 Å². The van der Waals surface area contributed by atoms with Crippen molar-refractivity contribution < 1.29 is 8.83 Å². The molecule has 0 unspecified atom stereocenters. The van der Waals surface area contributed by atoms with Crippen molar-refractivity contribution in [3.05, 3.63) is 170 Å². The molecule has 11 rings (SSSR count). The fraction of sp³-hybridized carbons (Fsp3) is 0. The third kappa shape index (κ3) is 5.39. The first kappa shape index (κ1) is 31.7. The Bertz CT molecular complexity index is 3190. The molecule has 0 aliphatic carbocycles. The van der Waals surface area contributed by atoms with Gasteiger partial charge in [-0.25, -0.2) is 29.9 Å². The molecule has 4 heterocycles. The summed E-state index contributed by atoms with van der Waals surface area (Å²) in [6, 6.07) is 56.1. The molecule has 4 aromatic heterocycles. The van der Waals surface area contributed by atoms with Crippen LogP contribution >= 0.6 is 0 Å². The molecular formula is C48H28N6O2. The summed E-state index contributed by atoms with van der Waals surface area (Å²) in [6.07, 6.45) is 0. The van der Waals surface area contributed by atoms with E-state index in [0.29, 0.717) is 46.1 Å². The lowest BCUT2D eigenvalue weighted by Gasteiger charge is -2.09. The van der Waals surface area contributed by atoms with Crippen molar-refractivity contribution in [1.82, 2.24) is 29.9 Å². The summed E-state index contributed by atoms with van der Waals surface area (Å²) in [5.41, 5.74) is 8.01. The molecule has 0 aliphatic heterocycles. The molecule has 0 fully saturated rings. The highest BCUT2D eigenvalue weighted by atomic mass is 16.3. The molecule has 0 spiro atoms. The van der Waals surface area contributed by atoms with Gasteiger partial charge in [-0.05, 0) is 30.3 Å². The maximum absolute atomic E-state index is 6.73. The van der Waals surface area contributed by atoms with Crippen LogP contribution in [-0.4, -0.2) is 29.9 Å². The Morgan fingerprint density at radius 3 is 1.39 bits per heavy atom. The van der Waals surface area contributed by atoms with Gasteiger partial charge < -0.3 is 8.83 Å². The number of rotatable bonds is 6. The van der Waals surface area contributed by atoms with E-state index in [1.54, 1.807) is 0 Å². The minimum atomic E-state index is 0.489. The number of hydrogen-bond donors (Lipinski definition) is 0. The van der Waals surface area contributed by atoms with Crippen LogP contribution < -0.4 is 0 Å². The van der Waals surface area contributed by atoms with Gasteiger partial charge in [0.2, 0.25) is 0 Å². The van der Waals surface area contributed by atoms with Gasteiger partial charge in [-0.15, -0.1) is 0 Å². The highest BCUT2D eigenvalue weighted by molar-refractivity contribution is 6.14. The number of aromatic nitrogens is 6. The molecule has 0 radical (unpaired) electrons. The van der Waals surface area contributed by atoms with Crippen molar-refractivity contribution in [1.29, 1.82) is 0 Å². The lowest BCUT2D eigenvalue weighted by Crippen LogP contribution is -2.00. The zero-order valence-electron chi connectivity index (χ0n) is 29.7. The molecule has 8 heteroatoms. The van der Waals surface area contributed by atoms with Crippen molar-refractivity contribution in [3.8, 4) is 68.3 Å². The first-order valence-corrected chi connectivity index (χ1v) is 18.3. The fourth-order valence-corrected chi connectivity index (χ4v) is 7.35. The number of benzene rings is 7. The number of nitrogens with zero attached hydrogens (tertiary/aromatic N) is 6. The van der Waals surface area contributed by atoms with Gasteiger partial charge in [0.05, 0.1) is 5.56 Å². The average molecular weight is 721 g/mol. The molecule has 8 nitrogen and oxygen atoms in total. The van der Waals surface area contributed by atoms with Crippen LogP contribution in [0.5, 0.6) is 0 Å². The summed E-state index contributed by atoms with van der Waals surface area (Å²) >= 11 is 0. The van der Waals surface area contributed by atoms with E-state index < -0.39 is 0 Å². The van der Waals surface area contributed by atoms with Crippen LogP contribution in [0.1, 0.15) is 0 Å². The van der Waals surface area contributed by atoms with Crippen LogP contribution in [0.4, 0.5) is 0 Å². The van der Waals surface area contributed by atoms with Crippen LogP contribution in [0.2, 0.25) is 0 Å². The zero-order chi connectivity index (χ0) is 37.0.